The molecular weight excluding hydrogens is 395 g/mol. The number of nitrogens with one attached hydrogen (secondary N) is 1. The Morgan fingerprint density at radius 1 is 1.25 bits per heavy atom. The first kappa shape index (κ1) is 21.2. The van der Waals surface area contributed by atoms with Crippen molar-refractivity contribution >= 4 is 29.3 Å². The van der Waals surface area contributed by atoms with Gasteiger partial charge in [0, 0.05) is 34.4 Å². The molecule has 3 nitrogen and oxygen atoms in total. The van der Waals surface area contributed by atoms with Gasteiger partial charge in [0.15, 0.2) is 6.54 Å². The predicted molar refractivity (Wildman–Crippen MR) is 114 cm³/mol. The van der Waals surface area contributed by atoms with Crippen LogP contribution in [0.2, 0.25) is 5.02 Å². The second-order valence-corrected chi connectivity index (χ2v) is 9.26. The second-order valence-electron chi connectivity index (χ2n) is 7.66. The van der Waals surface area contributed by atoms with Crippen molar-refractivity contribution in [1.29, 1.82) is 0 Å². The van der Waals surface area contributed by atoms with Gasteiger partial charge in [-0.15, -0.1) is 11.8 Å². The molecule has 0 radical (unpaired) electrons. The Balaban J connectivity index is 1.71. The molecular formula is C22H27ClFN2OS+. The number of halogens is 2. The SMILES string of the molecule is CC(C)C[NH+](CC(=O)N1CCS[C@H]1c1ccccc1Cl)Cc1ccc(F)cc1. The number of carbonyl (C=O) groups is 1. The van der Waals surface area contributed by atoms with Crippen LogP contribution in [0, 0.1) is 11.7 Å². The van der Waals surface area contributed by atoms with Crippen LogP contribution in [0.15, 0.2) is 48.5 Å². The summed E-state index contributed by atoms with van der Waals surface area (Å²) in [5.74, 6) is 1.30. The lowest BCUT2D eigenvalue weighted by Crippen LogP contribution is -3.12. The van der Waals surface area contributed by atoms with E-state index in [0.29, 0.717) is 24.0 Å². The monoisotopic (exact) mass is 421 g/mol. The third kappa shape index (κ3) is 5.49. The number of hydrogen-bond donors (Lipinski definition) is 1. The molecule has 1 heterocycles. The summed E-state index contributed by atoms with van der Waals surface area (Å²) in [4.78, 5) is 16.3. The molecule has 0 aromatic heterocycles. The summed E-state index contributed by atoms with van der Waals surface area (Å²) in [6.07, 6.45) is 0. The zero-order valence-corrected chi connectivity index (χ0v) is 17.9. The van der Waals surface area contributed by atoms with Crippen molar-refractivity contribution < 1.29 is 14.1 Å². The first-order valence-corrected chi connectivity index (χ1v) is 11.1. The summed E-state index contributed by atoms with van der Waals surface area (Å²) in [6.45, 7) is 7.09. The smallest absolute Gasteiger partial charge is 0.278 e. The molecule has 2 atom stereocenters. The molecule has 28 heavy (non-hydrogen) atoms. The number of benzene rings is 2. The Kier molecular flexibility index (Phi) is 7.38. The van der Waals surface area contributed by atoms with Gasteiger partial charge in [0.25, 0.3) is 5.91 Å². The van der Waals surface area contributed by atoms with Crippen LogP contribution in [0.25, 0.3) is 0 Å². The highest BCUT2D eigenvalue weighted by Gasteiger charge is 2.33. The molecule has 2 aromatic rings. The lowest BCUT2D eigenvalue weighted by atomic mass is 10.1. The minimum absolute atomic E-state index is 0.0210. The number of thioether (sulfide) groups is 1. The Morgan fingerprint density at radius 2 is 1.96 bits per heavy atom. The third-order valence-corrected chi connectivity index (χ3v) is 6.43. The zero-order valence-electron chi connectivity index (χ0n) is 16.3. The second kappa shape index (κ2) is 9.77. The summed E-state index contributed by atoms with van der Waals surface area (Å²) in [5.41, 5.74) is 2.05. The van der Waals surface area contributed by atoms with Gasteiger partial charge in [-0.2, -0.15) is 0 Å². The van der Waals surface area contributed by atoms with Crippen molar-refractivity contribution in [2.24, 2.45) is 5.92 Å². The van der Waals surface area contributed by atoms with Crippen molar-refractivity contribution in [2.75, 3.05) is 25.4 Å². The molecule has 0 spiro atoms. The van der Waals surface area contributed by atoms with E-state index in [1.807, 2.05) is 29.2 Å². The molecule has 1 aliphatic rings. The van der Waals surface area contributed by atoms with Crippen LogP contribution < -0.4 is 4.90 Å². The van der Waals surface area contributed by atoms with Gasteiger partial charge in [-0.05, 0) is 18.2 Å². The molecule has 1 saturated heterocycles. The topological polar surface area (TPSA) is 24.8 Å². The minimum Gasteiger partial charge on any atom is -0.323 e. The molecule has 2 aromatic carbocycles. The quantitative estimate of drug-likeness (QED) is 0.735. The van der Waals surface area contributed by atoms with Crippen molar-refractivity contribution in [3.8, 4) is 0 Å². The summed E-state index contributed by atoms with van der Waals surface area (Å²) in [6, 6.07) is 14.3. The Labute approximate surface area is 175 Å². The average molecular weight is 422 g/mol. The number of carbonyl (C=O) groups excluding carboxylic acids is 1. The van der Waals surface area contributed by atoms with Gasteiger partial charge < -0.3 is 9.80 Å². The summed E-state index contributed by atoms with van der Waals surface area (Å²) in [7, 11) is 0. The fourth-order valence-corrected chi connectivity index (χ4v) is 5.27. The number of nitrogens with zero attached hydrogens (tertiary/aromatic N) is 1. The normalized spacial score (nSPS) is 17.9. The van der Waals surface area contributed by atoms with Crippen LogP contribution >= 0.6 is 23.4 Å². The molecule has 0 bridgehead atoms. The van der Waals surface area contributed by atoms with Crippen molar-refractivity contribution in [3.05, 3.63) is 70.5 Å². The molecule has 3 rings (SSSR count). The van der Waals surface area contributed by atoms with E-state index in [-0.39, 0.29) is 17.1 Å². The average Bonchev–Trinajstić information content (AvgIpc) is 3.13. The van der Waals surface area contributed by atoms with Gasteiger partial charge in [-0.3, -0.25) is 4.79 Å². The fraction of sp³-hybridized carbons (Fsp3) is 0.409. The van der Waals surface area contributed by atoms with E-state index in [4.69, 9.17) is 11.6 Å². The van der Waals surface area contributed by atoms with Crippen molar-refractivity contribution in [3.63, 3.8) is 0 Å². The zero-order chi connectivity index (χ0) is 20.1. The summed E-state index contributed by atoms with van der Waals surface area (Å²) in [5, 5.41) is 0.685. The first-order valence-electron chi connectivity index (χ1n) is 9.67. The molecule has 150 valence electrons. The van der Waals surface area contributed by atoms with Gasteiger partial charge >= 0.3 is 0 Å². The Bertz CT molecular complexity index is 799. The number of quaternary nitrogens is 1. The highest BCUT2D eigenvalue weighted by atomic mass is 35.5. The maximum atomic E-state index is 13.2. The van der Waals surface area contributed by atoms with Gasteiger partial charge in [0.2, 0.25) is 0 Å². The van der Waals surface area contributed by atoms with Crippen LogP contribution in [0.5, 0.6) is 0 Å². The van der Waals surface area contributed by atoms with Crippen molar-refractivity contribution in [1.82, 2.24) is 4.90 Å². The molecule has 0 saturated carbocycles. The van der Waals surface area contributed by atoms with Crippen LogP contribution in [0.1, 0.15) is 30.3 Å². The van der Waals surface area contributed by atoms with Gasteiger partial charge in [-0.1, -0.05) is 55.8 Å². The van der Waals surface area contributed by atoms with E-state index in [0.717, 1.165) is 30.0 Å². The van der Waals surface area contributed by atoms with E-state index in [2.05, 4.69) is 13.8 Å². The number of amides is 1. The van der Waals surface area contributed by atoms with E-state index in [1.54, 1.807) is 23.9 Å². The van der Waals surface area contributed by atoms with E-state index in [9.17, 15) is 9.18 Å². The molecule has 0 aliphatic carbocycles. The summed E-state index contributed by atoms with van der Waals surface area (Å²) < 4.78 is 13.2. The molecule has 6 heteroatoms. The standard InChI is InChI=1S/C22H26ClFN2OS/c1-16(2)13-25(14-17-7-9-18(24)10-8-17)15-21(27)26-11-12-28-22(26)19-5-3-4-6-20(19)23/h3-10,16,22H,11-15H2,1-2H3/p+1/t22-/m0/s1. The molecule has 1 amide bonds. The predicted octanol–water partition coefficient (Wildman–Crippen LogP) is 3.79. The third-order valence-electron chi connectivity index (χ3n) is 4.85. The van der Waals surface area contributed by atoms with Gasteiger partial charge in [0.1, 0.15) is 17.7 Å². The van der Waals surface area contributed by atoms with Gasteiger partial charge in [-0.25, -0.2) is 4.39 Å². The van der Waals surface area contributed by atoms with Crippen LogP contribution in [-0.2, 0) is 11.3 Å². The van der Waals surface area contributed by atoms with E-state index in [1.165, 1.54) is 17.0 Å². The fourth-order valence-electron chi connectivity index (χ4n) is 3.65. The number of hydrogen-bond acceptors (Lipinski definition) is 2. The molecule has 1 unspecified atom stereocenters. The first-order chi connectivity index (χ1) is 13.4. The van der Waals surface area contributed by atoms with Gasteiger partial charge in [0.05, 0.1) is 6.54 Å². The van der Waals surface area contributed by atoms with E-state index < -0.39 is 0 Å². The lowest BCUT2D eigenvalue weighted by molar-refractivity contribution is -0.909. The Hall–Kier alpha value is -1.56. The minimum atomic E-state index is -0.234. The highest BCUT2D eigenvalue weighted by Crippen LogP contribution is 2.40. The molecule has 1 N–H and O–H groups in total. The molecule has 1 fully saturated rings. The lowest BCUT2D eigenvalue weighted by Gasteiger charge is -2.28. The van der Waals surface area contributed by atoms with Crippen LogP contribution in [0.3, 0.4) is 0 Å². The largest absolute Gasteiger partial charge is 0.323 e. The summed E-state index contributed by atoms with van der Waals surface area (Å²) >= 11 is 8.14. The molecule has 1 aliphatic heterocycles. The highest BCUT2D eigenvalue weighted by molar-refractivity contribution is 7.99. The van der Waals surface area contributed by atoms with E-state index >= 15 is 0 Å². The van der Waals surface area contributed by atoms with Crippen molar-refractivity contribution in [2.45, 2.75) is 25.8 Å². The van der Waals surface area contributed by atoms with Crippen LogP contribution in [-0.4, -0.2) is 36.2 Å². The maximum Gasteiger partial charge on any atom is 0.278 e. The Morgan fingerprint density at radius 3 is 2.64 bits per heavy atom. The van der Waals surface area contributed by atoms with Crippen LogP contribution in [0.4, 0.5) is 4.39 Å². The maximum absolute atomic E-state index is 13.2. The number of rotatable bonds is 7.